The zero-order valence-corrected chi connectivity index (χ0v) is 19.3. The Morgan fingerprint density at radius 1 is 1.16 bits per heavy atom. The van der Waals surface area contributed by atoms with Crippen LogP contribution in [-0.2, 0) is 19.6 Å². The van der Waals surface area contributed by atoms with Crippen LogP contribution in [0.4, 0.5) is 5.13 Å². The first-order chi connectivity index (χ1) is 15.4. The zero-order chi connectivity index (χ0) is 22.6. The summed E-state index contributed by atoms with van der Waals surface area (Å²) < 4.78 is 37.5. The second kappa shape index (κ2) is 9.97. The summed E-state index contributed by atoms with van der Waals surface area (Å²) in [7, 11) is -3.55. The van der Waals surface area contributed by atoms with Gasteiger partial charge in [-0.15, -0.1) is 11.3 Å². The Morgan fingerprint density at radius 2 is 1.88 bits per heavy atom. The van der Waals surface area contributed by atoms with Crippen molar-refractivity contribution < 1.29 is 22.7 Å². The molecule has 2 heterocycles. The van der Waals surface area contributed by atoms with E-state index in [1.165, 1.54) is 15.6 Å². The Balaban J connectivity index is 1.38. The lowest BCUT2D eigenvalue weighted by molar-refractivity contribution is -0.118. The molecule has 1 aliphatic rings. The largest absolute Gasteiger partial charge is 0.482 e. The predicted octanol–water partition coefficient (Wildman–Crippen LogP) is 3.50. The van der Waals surface area contributed by atoms with Gasteiger partial charge >= 0.3 is 0 Å². The third-order valence-electron chi connectivity index (χ3n) is 4.70. The summed E-state index contributed by atoms with van der Waals surface area (Å²) in [5.41, 5.74) is 1.38. The van der Waals surface area contributed by atoms with E-state index in [2.05, 4.69) is 10.3 Å². The number of rotatable bonds is 7. The number of carbonyl (C=O) groups is 1. The number of hydrogen-bond donors (Lipinski definition) is 1. The lowest BCUT2D eigenvalue weighted by Gasteiger charge is -2.26. The van der Waals surface area contributed by atoms with Gasteiger partial charge in [0.1, 0.15) is 5.75 Å². The van der Waals surface area contributed by atoms with Crippen molar-refractivity contribution in [2.24, 2.45) is 0 Å². The van der Waals surface area contributed by atoms with Gasteiger partial charge in [0.15, 0.2) is 11.7 Å². The van der Waals surface area contributed by atoms with Crippen molar-refractivity contribution in [3.8, 4) is 17.0 Å². The van der Waals surface area contributed by atoms with Gasteiger partial charge in [0, 0.05) is 24.0 Å². The number of morpholine rings is 1. The first-order valence-corrected chi connectivity index (χ1v) is 12.4. The van der Waals surface area contributed by atoms with E-state index in [9.17, 15) is 13.2 Å². The van der Waals surface area contributed by atoms with E-state index >= 15 is 0 Å². The Morgan fingerprint density at radius 3 is 2.59 bits per heavy atom. The molecule has 168 valence electrons. The van der Waals surface area contributed by atoms with E-state index in [-0.39, 0.29) is 17.4 Å². The summed E-state index contributed by atoms with van der Waals surface area (Å²) in [6.07, 6.45) is 0. The molecule has 0 atom stereocenters. The molecule has 1 fully saturated rings. The number of aromatic nitrogens is 1. The molecule has 0 spiro atoms. The third kappa shape index (κ3) is 5.28. The molecule has 3 aromatic rings. The van der Waals surface area contributed by atoms with Crippen molar-refractivity contribution in [3.63, 3.8) is 0 Å². The van der Waals surface area contributed by atoms with Crippen LogP contribution in [0.3, 0.4) is 0 Å². The van der Waals surface area contributed by atoms with E-state index < -0.39 is 10.0 Å². The zero-order valence-electron chi connectivity index (χ0n) is 16.9. The highest BCUT2D eigenvalue weighted by atomic mass is 35.5. The van der Waals surface area contributed by atoms with E-state index in [4.69, 9.17) is 21.1 Å². The Hall–Kier alpha value is -2.50. The summed E-state index contributed by atoms with van der Waals surface area (Å²) in [5.74, 6) is 0.0639. The monoisotopic (exact) mass is 493 g/mol. The molecular formula is C21H20ClN3O5S2. The number of sulfonamides is 1. The Kier molecular flexibility index (Phi) is 7.07. The number of halogens is 1. The average molecular weight is 494 g/mol. The highest BCUT2D eigenvalue weighted by Crippen LogP contribution is 2.27. The Labute approximate surface area is 194 Å². The third-order valence-corrected chi connectivity index (χ3v) is 7.69. The lowest BCUT2D eigenvalue weighted by atomic mass is 10.2. The van der Waals surface area contributed by atoms with Crippen LogP contribution in [-0.4, -0.2) is 56.5 Å². The molecule has 0 aliphatic carbocycles. The van der Waals surface area contributed by atoms with Crippen molar-refractivity contribution >= 4 is 44.0 Å². The fraction of sp³-hybridized carbons (Fsp3) is 0.238. The summed E-state index contributed by atoms with van der Waals surface area (Å²) in [4.78, 5) is 16.8. The maximum atomic E-state index is 12.7. The summed E-state index contributed by atoms with van der Waals surface area (Å²) >= 11 is 7.27. The molecule has 8 nitrogen and oxygen atoms in total. The van der Waals surface area contributed by atoms with Gasteiger partial charge in [-0.2, -0.15) is 4.31 Å². The summed E-state index contributed by atoms with van der Waals surface area (Å²) in [6, 6.07) is 13.4. The van der Waals surface area contributed by atoms with Gasteiger partial charge in [0.2, 0.25) is 10.0 Å². The second-order valence-corrected chi connectivity index (χ2v) is 10.0. The number of anilines is 1. The van der Waals surface area contributed by atoms with Crippen molar-refractivity contribution in [1.82, 2.24) is 9.29 Å². The second-order valence-electron chi connectivity index (χ2n) is 6.85. The maximum Gasteiger partial charge on any atom is 0.264 e. The number of thiazole rings is 1. The maximum absolute atomic E-state index is 12.7. The molecule has 2 aromatic carbocycles. The summed E-state index contributed by atoms with van der Waals surface area (Å²) in [5, 5.41) is 5.32. The SMILES string of the molecule is O=C(COc1ccccc1Cl)Nc1nc(-c2ccc(S(=O)(=O)N3CCOCC3)cc2)cs1. The molecule has 11 heteroatoms. The van der Waals surface area contributed by atoms with Gasteiger partial charge < -0.3 is 9.47 Å². The lowest BCUT2D eigenvalue weighted by Crippen LogP contribution is -2.40. The number of para-hydroxylation sites is 1. The first-order valence-electron chi connectivity index (χ1n) is 9.74. The number of hydrogen-bond acceptors (Lipinski definition) is 7. The first kappa shape index (κ1) is 22.7. The molecule has 1 aliphatic heterocycles. The molecule has 0 unspecified atom stereocenters. The quantitative estimate of drug-likeness (QED) is 0.541. The van der Waals surface area contributed by atoms with Gasteiger partial charge in [-0.25, -0.2) is 13.4 Å². The number of ether oxygens (including phenoxy) is 2. The molecule has 1 amide bonds. The normalized spacial score (nSPS) is 14.8. The average Bonchev–Trinajstić information content (AvgIpc) is 3.27. The molecule has 32 heavy (non-hydrogen) atoms. The summed E-state index contributed by atoms with van der Waals surface area (Å²) in [6.45, 7) is 1.29. The van der Waals surface area contributed by atoms with Crippen LogP contribution in [0.15, 0.2) is 58.8 Å². The molecular weight excluding hydrogens is 474 g/mol. The number of carbonyl (C=O) groups excluding carboxylic acids is 1. The van der Waals surface area contributed by atoms with E-state index in [1.54, 1.807) is 53.9 Å². The van der Waals surface area contributed by atoms with Gasteiger partial charge in [-0.05, 0) is 24.3 Å². The minimum absolute atomic E-state index is 0.202. The van der Waals surface area contributed by atoms with Gasteiger partial charge in [-0.3, -0.25) is 10.1 Å². The van der Waals surface area contributed by atoms with Crippen LogP contribution in [0.5, 0.6) is 5.75 Å². The number of benzene rings is 2. The molecule has 0 saturated carbocycles. The van der Waals surface area contributed by atoms with Crippen LogP contribution >= 0.6 is 22.9 Å². The number of nitrogens with one attached hydrogen (secondary N) is 1. The van der Waals surface area contributed by atoms with Crippen LogP contribution in [0, 0.1) is 0 Å². The highest BCUT2D eigenvalue weighted by molar-refractivity contribution is 7.89. The fourth-order valence-corrected chi connectivity index (χ4v) is 5.39. The number of amides is 1. The molecule has 0 radical (unpaired) electrons. The van der Waals surface area contributed by atoms with Crippen LogP contribution in [0.25, 0.3) is 11.3 Å². The minimum Gasteiger partial charge on any atom is -0.482 e. The van der Waals surface area contributed by atoms with E-state index in [0.29, 0.717) is 47.9 Å². The van der Waals surface area contributed by atoms with Crippen LogP contribution in [0.2, 0.25) is 5.02 Å². The van der Waals surface area contributed by atoms with Gasteiger partial charge in [-0.1, -0.05) is 35.9 Å². The van der Waals surface area contributed by atoms with Crippen LogP contribution < -0.4 is 10.1 Å². The predicted molar refractivity (Wildman–Crippen MR) is 123 cm³/mol. The van der Waals surface area contributed by atoms with E-state index in [0.717, 1.165) is 5.56 Å². The minimum atomic E-state index is -3.55. The standard InChI is InChI=1S/C21H20ClN3O5S2/c22-17-3-1-2-4-19(17)30-13-20(26)24-21-23-18(14-31-21)15-5-7-16(8-6-15)32(27,28)25-9-11-29-12-10-25/h1-8,14H,9-13H2,(H,23,24,26). The van der Waals surface area contributed by atoms with E-state index in [1.807, 2.05) is 0 Å². The Bertz CT molecular complexity index is 1190. The van der Waals surface area contributed by atoms with Crippen molar-refractivity contribution in [2.45, 2.75) is 4.90 Å². The van der Waals surface area contributed by atoms with Crippen LogP contribution in [0.1, 0.15) is 0 Å². The molecule has 4 rings (SSSR count). The molecule has 0 bridgehead atoms. The molecule has 1 aromatic heterocycles. The molecule has 1 N–H and O–H groups in total. The van der Waals surface area contributed by atoms with Crippen molar-refractivity contribution in [1.29, 1.82) is 0 Å². The van der Waals surface area contributed by atoms with Crippen molar-refractivity contribution in [3.05, 3.63) is 58.9 Å². The number of nitrogens with zero attached hydrogens (tertiary/aromatic N) is 2. The molecule has 1 saturated heterocycles. The topological polar surface area (TPSA) is 97.8 Å². The van der Waals surface area contributed by atoms with Gasteiger partial charge in [0.05, 0.1) is 28.8 Å². The smallest absolute Gasteiger partial charge is 0.264 e. The van der Waals surface area contributed by atoms with Gasteiger partial charge in [0.25, 0.3) is 5.91 Å². The fourth-order valence-electron chi connectivity index (χ4n) is 3.06. The van der Waals surface area contributed by atoms with Crippen molar-refractivity contribution in [2.75, 3.05) is 38.2 Å². The highest BCUT2D eigenvalue weighted by Gasteiger charge is 2.26.